The molecule has 102 valence electrons. The van der Waals surface area contributed by atoms with E-state index in [1.54, 1.807) is 25.1 Å². The van der Waals surface area contributed by atoms with Crippen LogP contribution in [0.15, 0.2) is 0 Å². The second-order valence-electron chi connectivity index (χ2n) is 5.97. The van der Waals surface area contributed by atoms with E-state index in [0.29, 0.717) is 12.6 Å². The van der Waals surface area contributed by atoms with Gasteiger partial charge in [0.15, 0.2) is 0 Å². The Labute approximate surface area is 106 Å². The second kappa shape index (κ2) is 4.86. The van der Waals surface area contributed by atoms with Crippen LogP contribution in [-0.2, 0) is 10.0 Å². The molecule has 5 heteroatoms. The minimum absolute atomic E-state index is 0.0652. The summed E-state index contributed by atoms with van der Waals surface area (Å²) in [7, 11) is -3.21. The molecule has 0 spiro atoms. The maximum absolute atomic E-state index is 12.5. The van der Waals surface area contributed by atoms with Gasteiger partial charge in [-0.25, -0.2) is 8.42 Å². The molecule has 0 aromatic carbocycles. The van der Waals surface area contributed by atoms with Crippen LogP contribution in [-0.4, -0.2) is 54.1 Å². The van der Waals surface area contributed by atoms with Crippen molar-refractivity contribution in [1.82, 2.24) is 9.21 Å². The minimum atomic E-state index is -3.21. The summed E-state index contributed by atoms with van der Waals surface area (Å²) < 4.78 is 25.9. The van der Waals surface area contributed by atoms with Gasteiger partial charge < -0.3 is 0 Å². The summed E-state index contributed by atoms with van der Waals surface area (Å²) in [6, 6.07) is 0.365. The fourth-order valence-corrected chi connectivity index (χ4v) is 3.95. The Balaban J connectivity index is 2.95. The molecule has 4 nitrogen and oxygen atoms in total. The van der Waals surface area contributed by atoms with E-state index >= 15 is 0 Å². The SMILES string of the molecule is CCN1CC(C)N(S(=O)(=O)C(C)(C)C)CC1C. The molecular weight excluding hydrogens is 236 g/mol. The lowest BCUT2D eigenvalue weighted by Gasteiger charge is -2.44. The van der Waals surface area contributed by atoms with Crippen LogP contribution < -0.4 is 0 Å². The van der Waals surface area contributed by atoms with Crippen LogP contribution in [0.2, 0.25) is 0 Å². The molecule has 17 heavy (non-hydrogen) atoms. The number of rotatable bonds is 2. The van der Waals surface area contributed by atoms with Gasteiger partial charge in [-0.1, -0.05) is 6.92 Å². The molecule has 0 aliphatic carbocycles. The Morgan fingerprint density at radius 2 is 1.65 bits per heavy atom. The molecule has 1 heterocycles. The van der Waals surface area contributed by atoms with E-state index in [0.717, 1.165) is 13.1 Å². The Hall–Kier alpha value is -0.130. The van der Waals surface area contributed by atoms with Crippen LogP contribution in [0, 0.1) is 0 Å². The molecule has 0 saturated carbocycles. The zero-order chi connectivity index (χ0) is 13.4. The molecular formula is C12H26N2O2S. The Morgan fingerprint density at radius 1 is 1.12 bits per heavy atom. The van der Waals surface area contributed by atoms with E-state index in [1.807, 2.05) is 6.92 Å². The van der Waals surface area contributed by atoms with E-state index in [1.165, 1.54) is 0 Å². The molecule has 0 aromatic heterocycles. The van der Waals surface area contributed by atoms with Crippen molar-refractivity contribution in [2.45, 2.75) is 58.4 Å². The van der Waals surface area contributed by atoms with Crippen molar-refractivity contribution in [2.75, 3.05) is 19.6 Å². The Morgan fingerprint density at radius 3 is 2.06 bits per heavy atom. The summed E-state index contributed by atoms with van der Waals surface area (Å²) >= 11 is 0. The number of hydrogen-bond acceptors (Lipinski definition) is 3. The van der Waals surface area contributed by atoms with Gasteiger partial charge in [-0.15, -0.1) is 0 Å². The van der Waals surface area contributed by atoms with Crippen LogP contribution in [0.25, 0.3) is 0 Å². The summed E-state index contributed by atoms with van der Waals surface area (Å²) in [6.07, 6.45) is 0. The van der Waals surface area contributed by atoms with Crippen LogP contribution in [0.4, 0.5) is 0 Å². The van der Waals surface area contributed by atoms with Crippen LogP contribution in [0.3, 0.4) is 0 Å². The fourth-order valence-electron chi connectivity index (χ4n) is 2.29. The third kappa shape index (κ3) is 2.83. The normalized spacial score (nSPS) is 29.5. The predicted octanol–water partition coefficient (Wildman–Crippen LogP) is 1.53. The molecule has 2 atom stereocenters. The molecule has 1 aliphatic heterocycles. The largest absolute Gasteiger partial charge is 0.298 e. The molecule has 0 radical (unpaired) electrons. The smallest absolute Gasteiger partial charge is 0.219 e. The number of piperazine rings is 1. The van der Waals surface area contributed by atoms with Crippen LogP contribution >= 0.6 is 0 Å². The topological polar surface area (TPSA) is 40.6 Å². The summed E-state index contributed by atoms with van der Waals surface area (Å²) in [4.78, 5) is 2.33. The lowest BCUT2D eigenvalue weighted by Crippen LogP contribution is -2.60. The van der Waals surface area contributed by atoms with Crippen molar-refractivity contribution in [1.29, 1.82) is 0 Å². The van der Waals surface area contributed by atoms with Gasteiger partial charge in [0.2, 0.25) is 10.0 Å². The summed E-state index contributed by atoms with van der Waals surface area (Å²) in [5.74, 6) is 0. The third-order valence-corrected chi connectivity index (χ3v) is 6.22. The van der Waals surface area contributed by atoms with Gasteiger partial charge in [-0.2, -0.15) is 4.31 Å². The van der Waals surface area contributed by atoms with Crippen molar-refractivity contribution in [3.8, 4) is 0 Å². The molecule has 0 N–H and O–H groups in total. The minimum Gasteiger partial charge on any atom is -0.298 e. The average Bonchev–Trinajstić information content (AvgIpc) is 2.18. The third-order valence-electron chi connectivity index (χ3n) is 3.55. The highest BCUT2D eigenvalue weighted by atomic mass is 32.2. The first-order chi connectivity index (χ1) is 7.61. The Kier molecular flexibility index (Phi) is 4.27. The van der Waals surface area contributed by atoms with Crippen molar-refractivity contribution >= 4 is 10.0 Å². The van der Waals surface area contributed by atoms with Gasteiger partial charge in [-0.05, 0) is 41.2 Å². The predicted molar refractivity (Wildman–Crippen MR) is 71.5 cm³/mol. The van der Waals surface area contributed by atoms with Gasteiger partial charge in [0.25, 0.3) is 0 Å². The van der Waals surface area contributed by atoms with E-state index in [4.69, 9.17) is 0 Å². The fraction of sp³-hybridized carbons (Fsp3) is 1.00. The van der Waals surface area contributed by atoms with Crippen molar-refractivity contribution < 1.29 is 8.42 Å². The van der Waals surface area contributed by atoms with Gasteiger partial charge in [0.1, 0.15) is 0 Å². The molecule has 1 fully saturated rings. The van der Waals surface area contributed by atoms with Crippen molar-refractivity contribution in [3.63, 3.8) is 0 Å². The standard InChI is InChI=1S/C12H26N2O2S/c1-7-13-8-11(3)14(9-10(13)2)17(15,16)12(4,5)6/h10-11H,7-9H2,1-6H3. The van der Waals surface area contributed by atoms with E-state index in [9.17, 15) is 8.42 Å². The number of hydrogen-bond donors (Lipinski definition) is 0. The quantitative estimate of drug-likeness (QED) is 0.758. The number of sulfonamides is 1. The van der Waals surface area contributed by atoms with Crippen LogP contribution in [0.5, 0.6) is 0 Å². The lowest BCUT2D eigenvalue weighted by molar-refractivity contribution is 0.0967. The van der Waals surface area contributed by atoms with E-state index in [2.05, 4.69) is 18.7 Å². The Bertz CT molecular complexity index is 359. The first-order valence-corrected chi connectivity index (χ1v) is 7.80. The van der Waals surface area contributed by atoms with Crippen molar-refractivity contribution in [3.05, 3.63) is 0 Å². The number of nitrogens with zero attached hydrogens (tertiary/aromatic N) is 2. The maximum Gasteiger partial charge on any atom is 0.219 e. The molecule has 1 aliphatic rings. The molecule has 0 bridgehead atoms. The molecule has 0 aromatic rings. The molecule has 0 amide bonds. The monoisotopic (exact) mass is 262 g/mol. The summed E-state index contributed by atoms with van der Waals surface area (Å²) in [6.45, 7) is 13.9. The highest BCUT2D eigenvalue weighted by Gasteiger charge is 2.41. The van der Waals surface area contributed by atoms with Gasteiger partial charge in [0, 0.05) is 25.2 Å². The average molecular weight is 262 g/mol. The van der Waals surface area contributed by atoms with Crippen LogP contribution in [0.1, 0.15) is 41.5 Å². The van der Waals surface area contributed by atoms with Gasteiger partial charge in [-0.3, -0.25) is 4.90 Å². The second-order valence-corrected chi connectivity index (χ2v) is 8.62. The number of likely N-dealkylation sites (N-methyl/N-ethyl adjacent to an activating group) is 1. The summed E-state index contributed by atoms with van der Waals surface area (Å²) in [5, 5.41) is 0. The zero-order valence-corrected chi connectivity index (χ0v) is 12.7. The lowest BCUT2D eigenvalue weighted by atomic mass is 10.1. The van der Waals surface area contributed by atoms with E-state index < -0.39 is 14.8 Å². The van der Waals surface area contributed by atoms with Gasteiger partial charge >= 0.3 is 0 Å². The highest BCUT2D eigenvalue weighted by Crippen LogP contribution is 2.26. The zero-order valence-electron chi connectivity index (χ0n) is 11.9. The maximum atomic E-state index is 12.5. The van der Waals surface area contributed by atoms with Gasteiger partial charge in [0.05, 0.1) is 4.75 Å². The first kappa shape index (κ1) is 14.9. The highest BCUT2D eigenvalue weighted by molar-refractivity contribution is 7.90. The van der Waals surface area contributed by atoms with Crippen molar-refractivity contribution in [2.24, 2.45) is 0 Å². The molecule has 2 unspecified atom stereocenters. The molecule has 1 saturated heterocycles. The summed E-state index contributed by atoms with van der Waals surface area (Å²) in [5.41, 5.74) is 0. The molecule has 1 rings (SSSR count). The first-order valence-electron chi connectivity index (χ1n) is 6.36. The van der Waals surface area contributed by atoms with E-state index in [-0.39, 0.29) is 6.04 Å².